The molecular weight excluding hydrogens is 295 g/mol. The summed E-state index contributed by atoms with van der Waals surface area (Å²) in [6, 6.07) is 0. The molecule has 2 N–H and O–H groups in total. The standard InChI is InChI=1S/C17H27FN4O/c1-4-10-19-17-21-14(9-8-11(2)3)20-16(22-17)12-6-5-7-13(23)15(12)18/h11,13,23H,4-10H2,1-3H3,(H,19,20,21,22). The molecule has 2 rings (SSSR count). The van der Waals surface area contributed by atoms with E-state index in [-0.39, 0.29) is 0 Å². The summed E-state index contributed by atoms with van der Waals surface area (Å²) >= 11 is 0. The van der Waals surface area contributed by atoms with Gasteiger partial charge in [-0.1, -0.05) is 20.8 Å². The lowest BCUT2D eigenvalue weighted by Gasteiger charge is -2.19. The Kier molecular flexibility index (Phi) is 6.45. The molecule has 6 heteroatoms. The summed E-state index contributed by atoms with van der Waals surface area (Å²) in [4.78, 5) is 13.3. The van der Waals surface area contributed by atoms with E-state index in [1.807, 2.05) is 0 Å². The van der Waals surface area contributed by atoms with Gasteiger partial charge in [-0.2, -0.15) is 9.97 Å². The van der Waals surface area contributed by atoms with Crippen LogP contribution in [0.4, 0.5) is 10.3 Å². The molecule has 0 aromatic carbocycles. The monoisotopic (exact) mass is 322 g/mol. The number of halogens is 1. The van der Waals surface area contributed by atoms with Crippen molar-refractivity contribution in [3.63, 3.8) is 0 Å². The Hall–Kier alpha value is -1.56. The van der Waals surface area contributed by atoms with Gasteiger partial charge in [-0.05, 0) is 38.0 Å². The lowest BCUT2D eigenvalue weighted by molar-refractivity contribution is 0.165. The summed E-state index contributed by atoms with van der Waals surface area (Å²) in [6.45, 7) is 7.13. The van der Waals surface area contributed by atoms with Gasteiger partial charge < -0.3 is 10.4 Å². The van der Waals surface area contributed by atoms with E-state index in [0.29, 0.717) is 41.9 Å². The second-order valence-corrected chi connectivity index (χ2v) is 6.49. The number of nitrogens with one attached hydrogen (secondary N) is 1. The molecule has 1 aliphatic carbocycles. The van der Waals surface area contributed by atoms with Crippen molar-refractivity contribution in [2.75, 3.05) is 11.9 Å². The Balaban J connectivity index is 2.33. The van der Waals surface area contributed by atoms with Crippen LogP contribution in [0.3, 0.4) is 0 Å². The van der Waals surface area contributed by atoms with Gasteiger partial charge in [0.15, 0.2) is 5.82 Å². The van der Waals surface area contributed by atoms with Crippen LogP contribution in [0.25, 0.3) is 5.57 Å². The average Bonchev–Trinajstić information content (AvgIpc) is 2.53. The fourth-order valence-corrected chi connectivity index (χ4v) is 2.54. The van der Waals surface area contributed by atoms with Gasteiger partial charge in [0.25, 0.3) is 0 Å². The predicted octanol–water partition coefficient (Wildman–Crippen LogP) is 3.51. The van der Waals surface area contributed by atoms with Crippen molar-refractivity contribution in [3.05, 3.63) is 17.5 Å². The minimum atomic E-state index is -1.03. The number of hydrogen-bond acceptors (Lipinski definition) is 5. The number of rotatable bonds is 7. The molecule has 0 aliphatic heterocycles. The lowest BCUT2D eigenvalue weighted by Crippen LogP contribution is -2.17. The molecule has 1 atom stereocenters. The molecule has 1 aliphatic rings. The van der Waals surface area contributed by atoms with E-state index in [1.165, 1.54) is 0 Å². The maximum Gasteiger partial charge on any atom is 0.226 e. The Labute approximate surface area is 137 Å². The van der Waals surface area contributed by atoms with E-state index in [2.05, 4.69) is 41.0 Å². The molecule has 1 heterocycles. The zero-order chi connectivity index (χ0) is 16.8. The van der Waals surface area contributed by atoms with Gasteiger partial charge in [-0.15, -0.1) is 0 Å². The highest BCUT2D eigenvalue weighted by molar-refractivity contribution is 5.64. The van der Waals surface area contributed by atoms with E-state index in [9.17, 15) is 9.50 Å². The van der Waals surface area contributed by atoms with E-state index >= 15 is 0 Å². The first-order valence-corrected chi connectivity index (χ1v) is 8.57. The molecule has 0 fully saturated rings. The van der Waals surface area contributed by atoms with Crippen LogP contribution in [0.15, 0.2) is 5.83 Å². The highest BCUT2D eigenvalue weighted by Gasteiger charge is 2.24. The second kappa shape index (κ2) is 8.34. The van der Waals surface area contributed by atoms with Crippen LogP contribution in [0.2, 0.25) is 0 Å². The first kappa shape index (κ1) is 17.8. The number of anilines is 1. The summed E-state index contributed by atoms with van der Waals surface area (Å²) in [5.74, 6) is 1.61. The Morgan fingerprint density at radius 2 is 2.09 bits per heavy atom. The van der Waals surface area contributed by atoms with Crippen LogP contribution in [-0.2, 0) is 6.42 Å². The molecule has 0 radical (unpaired) electrons. The fraction of sp³-hybridized carbons (Fsp3) is 0.706. The zero-order valence-corrected chi connectivity index (χ0v) is 14.3. The van der Waals surface area contributed by atoms with Crippen molar-refractivity contribution in [3.8, 4) is 0 Å². The normalized spacial score (nSPS) is 18.6. The van der Waals surface area contributed by atoms with Crippen molar-refractivity contribution < 1.29 is 9.50 Å². The van der Waals surface area contributed by atoms with Gasteiger partial charge in [0, 0.05) is 18.5 Å². The summed E-state index contributed by atoms with van der Waals surface area (Å²) < 4.78 is 14.3. The molecule has 1 unspecified atom stereocenters. The van der Waals surface area contributed by atoms with Crippen LogP contribution in [-0.4, -0.2) is 32.7 Å². The number of aromatic nitrogens is 3. The van der Waals surface area contributed by atoms with Crippen LogP contribution in [0, 0.1) is 5.92 Å². The van der Waals surface area contributed by atoms with E-state index < -0.39 is 11.9 Å². The van der Waals surface area contributed by atoms with Gasteiger partial charge in [0.2, 0.25) is 5.95 Å². The average molecular weight is 322 g/mol. The van der Waals surface area contributed by atoms with Crippen molar-refractivity contribution in [1.82, 2.24) is 15.0 Å². The molecule has 128 valence electrons. The highest BCUT2D eigenvalue weighted by atomic mass is 19.1. The molecule has 1 aromatic rings. The molecule has 1 aromatic heterocycles. The van der Waals surface area contributed by atoms with Crippen LogP contribution in [0.5, 0.6) is 0 Å². The maximum atomic E-state index is 14.3. The smallest absolute Gasteiger partial charge is 0.226 e. The Bertz CT molecular complexity index is 560. The third-order valence-electron chi connectivity index (χ3n) is 3.92. The van der Waals surface area contributed by atoms with Crippen molar-refractivity contribution in [1.29, 1.82) is 0 Å². The molecule has 23 heavy (non-hydrogen) atoms. The van der Waals surface area contributed by atoms with Crippen molar-refractivity contribution in [2.45, 2.75) is 65.4 Å². The van der Waals surface area contributed by atoms with Gasteiger partial charge in [0.05, 0.1) is 0 Å². The summed E-state index contributed by atoms with van der Waals surface area (Å²) in [6.07, 6.45) is 3.41. The van der Waals surface area contributed by atoms with Gasteiger partial charge in [0.1, 0.15) is 17.8 Å². The molecule has 0 bridgehead atoms. The van der Waals surface area contributed by atoms with Crippen LogP contribution in [0.1, 0.15) is 64.5 Å². The first-order chi connectivity index (χ1) is 11.0. The van der Waals surface area contributed by atoms with Crippen LogP contribution >= 0.6 is 0 Å². The quantitative estimate of drug-likeness (QED) is 0.804. The van der Waals surface area contributed by atoms with Gasteiger partial charge in [-0.3, -0.25) is 0 Å². The topological polar surface area (TPSA) is 70.9 Å². The van der Waals surface area contributed by atoms with Gasteiger partial charge >= 0.3 is 0 Å². The lowest BCUT2D eigenvalue weighted by atomic mass is 9.95. The fourth-order valence-electron chi connectivity index (χ4n) is 2.54. The summed E-state index contributed by atoms with van der Waals surface area (Å²) in [7, 11) is 0. The van der Waals surface area contributed by atoms with Crippen LogP contribution < -0.4 is 5.32 Å². The second-order valence-electron chi connectivity index (χ2n) is 6.49. The minimum Gasteiger partial charge on any atom is -0.386 e. The molecular formula is C17H27FN4O. The van der Waals surface area contributed by atoms with E-state index in [1.54, 1.807) is 0 Å². The molecule has 5 nitrogen and oxygen atoms in total. The third kappa shape index (κ3) is 4.96. The number of hydrogen-bond donors (Lipinski definition) is 2. The number of nitrogens with zero attached hydrogens (tertiary/aromatic N) is 3. The van der Waals surface area contributed by atoms with Crippen molar-refractivity contribution >= 4 is 11.5 Å². The number of allylic oxidation sites excluding steroid dienone is 1. The SMILES string of the molecule is CCCNc1nc(CCC(C)C)nc(C2=C(F)C(O)CCC2)n1. The predicted molar refractivity (Wildman–Crippen MR) is 89.7 cm³/mol. The van der Waals surface area contributed by atoms with Crippen molar-refractivity contribution in [2.24, 2.45) is 5.92 Å². The molecule has 0 saturated carbocycles. The highest BCUT2D eigenvalue weighted by Crippen LogP contribution is 2.32. The maximum absolute atomic E-state index is 14.3. The van der Waals surface area contributed by atoms with E-state index in [0.717, 1.165) is 32.2 Å². The number of aryl methyl sites for hydroxylation is 1. The molecule has 0 spiro atoms. The summed E-state index contributed by atoms with van der Waals surface area (Å²) in [5, 5.41) is 12.9. The zero-order valence-electron chi connectivity index (χ0n) is 14.3. The number of aliphatic hydroxyl groups is 1. The summed E-state index contributed by atoms with van der Waals surface area (Å²) in [5.41, 5.74) is 0.427. The molecule has 0 amide bonds. The van der Waals surface area contributed by atoms with Gasteiger partial charge in [-0.25, -0.2) is 9.37 Å². The largest absolute Gasteiger partial charge is 0.386 e. The number of aliphatic hydroxyl groups excluding tert-OH is 1. The first-order valence-electron chi connectivity index (χ1n) is 8.57. The minimum absolute atomic E-state index is 0.369. The van der Waals surface area contributed by atoms with E-state index in [4.69, 9.17) is 0 Å². The third-order valence-corrected chi connectivity index (χ3v) is 3.92. The Morgan fingerprint density at radius 1 is 1.30 bits per heavy atom. The Morgan fingerprint density at radius 3 is 2.78 bits per heavy atom. The molecule has 0 saturated heterocycles.